The summed E-state index contributed by atoms with van der Waals surface area (Å²) in [5, 5.41) is 3.02. The van der Waals surface area contributed by atoms with Gasteiger partial charge in [-0.3, -0.25) is 9.59 Å². The van der Waals surface area contributed by atoms with Crippen LogP contribution in [-0.2, 0) is 4.79 Å². The van der Waals surface area contributed by atoms with Crippen molar-refractivity contribution in [2.75, 3.05) is 13.1 Å². The minimum Gasteiger partial charge on any atom is -0.487 e. The monoisotopic (exact) mass is 406 g/mol. The van der Waals surface area contributed by atoms with Gasteiger partial charge < -0.3 is 15.0 Å². The largest absolute Gasteiger partial charge is 0.487 e. The summed E-state index contributed by atoms with van der Waals surface area (Å²) in [5.41, 5.74) is 1.53. The molecule has 0 bridgehead atoms. The lowest BCUT2D eigenvalue weighted by Gasteiger charge is -2.47. The zero-order valence-corrected chi connectivity index (χ0v) is 17.8. The Bertz CT molecular complexity index is 902. The van der Waals surface area contributed by atoms with Crippen molar-refractivity contribution in [1.82, 2.24) is 10.2 Å². The summed E-state index contributed by atoms with van der Waals surface area (Å²) in [5.74, 6) is 1.17. The first-order valence-corrected chi connectivity index (χ1v) is 10.9. The summed E-state index contributed by atoms with van der Waals surface area (Å²) >= 11 is 0. The van der Waals surface area contributed by atoms with Gasteiger partial charge >= 0.3 is 0 Å². The molecule has 2 aliphatic heterocycles. The highest BCUT2D eigenvalue weighted by Crippen LogP contribution is 2.46. The third kappa shape index (κ3) is 4.35. The van der Waals surface area contributed by atoms with Crippen molar-refractivity contribution in [3.63, 3.8) is 0 Å². The molecule has 1 spiro atoms. The zero-order valence-electron chi connectivity index (χ0n) is 17.8. The van der Waals surface area contributed by atoms with Crippen molar-refractivity contribution in [2.24, 2.45) is 0 Å². The third-order valence-electron chi connectivity index (χ3n) is 6.17. The van der Waals surface area contributed by atoms with E-state index in [0.29, 0.717) is 19.5 Å². The van der Waals surface area contributed by atoms with Gasteiger partial charge in [-0.2, -0.15) is 0 Å². The lowest BCUT2D eigenvalue weighted by Crippen LogP contribution is -2.52. The number of hydrogen-bond donors (Lipinski definition) is 1. The van der Waals surface area contributed by atoms with E-state index >= 15 is 0 Å². The van der Waals surface area contributed by atoms with Crippen LogP contribution in [0.15, 0.2) is 54.6 Å². The molecule has 4 rings (SSSR count). The number of carbonyl (C=O) groups excluding carboxylic acids is 2. The molecule has 30 heavy (non-hydrogen) atoms. The van der Waals surface area contributed by atoms with Gasteiger partial charge in [-0.25, -0.2) is 0 Å². The van der Waals surface area contributed by atoms with Crippen molar-refractivity contribution in [3.05, 3.63) is 65.7 Å². The Morgan fingerprint density at radius 2 is 1.73 bits per heavy atom. The number of nitrogens with zero attached hydrogens (tertiary/aromatic N) is 1. The van der Waals surface area contributed by atoms with Crippen molar-refractivity contribution in [2.45, 2.75) is 57.1 Å². The van der Waals surface area contributed by atoms with Crippen LogP contribution in [0.1, 0.15) is 61.4 Å². The number of fused-ring (bicyclic) bond motifs is 1. The van der Waals surface area contributed by atoms with Crippen molar-refractivity contribution in [1.29, 1.82) is 0 Å². The van der Waals surface area contributed by atoms with Crippen LogP contribution in [0.2, 0.25) is 0 Å². The molecule has 0 saturated carbocycles. The van der Waals surface area contributed by atoms with Gasteiger partial charge in [0.15, 0.2) is 0 Å². The third-order valence-corrected chi connectivity index (χ3v) is 6.17. The molecular weight excluding hydrogens is 376 g/mol. The van der Waals surface area contributed by atoms with Crippen molar-refractivity contribution >= 4 is 11.8 Å². The Kier molecular flexibility index (Phi) is 5.80. The highest BCUT2D eigenvalue weighted by molar-refractivity contribution is 5.94. The summed E-state index contributed by atoms with van der Waals surface area (Å²) in [6.45, 7) is 5.30. The van der Waals surface area contributed by atoms with Crippen LogP contribution in [0.4, 0.5) is 0 Å². The second-order valence-corrected chi connectivity index (χ2v) is 8.81. The fourth-order valence-corrected chi connectivity index (χ4v) is 4.72. The smallest absolute Gasteiger partial charge is 0.253 e. The molecule has 2 aromatic carbocycles. The van der Waals surface area contributed by atoms with Crippen LogP contribution < -0.4 is 10.1 Å². The van der Waals surface area contributed by atoms with E-state index in [9.17, 15) is 9.59 Å². The zero-order chi connectivity index (χ0) is 21.1. The summed E-state index contributed by atoms with van der Waals surface area (Å²) in [6, 6.07) is 17.6. The van der Waals surface area contributed by atoms with Gasteiger partial charge in [-0.15, -0.1) is 0 Å². The topological polar surface area (TPSA) is 58.6 Å². The van der Waals surface area contributed by atoms with E-state index < -0.39 is 0 Å². The molecule has 158 valence electrons. The average molecular weight is 407 g/mol. The molecule has 5 nitrogen and oxygen atoms in total. The fourth-order valence-electron chi connectivity index (χ4n) is 4.72. The van der Waals surface area contributed by atoms with E-state index in [1.54, 1.807) is 0 Å². The maximum atomic E-state index is 12.8. The number of benzene rings is 2. The Morgan fingerprint density at radius 1 is 1.07 bits per heavy atom. The predicted octanol–water partition coefficient (Wildman–Crippen LogP) is 4.14. The molecule has 1 saturated heterocycles. The molecule has 0 unspecified atom stereocenters. The molecule has 2 amide bonds. The van der Waals surface area contributed by atoms with Crippen molar-refractivity contribution < 1.29 is 14.3 Å². The molecule has 0 radical (unpaired) electrons. The molecule has 0 aliphatic carbocycles. The second-order valence-electron chi connectivity index (χ2n) is 8.81. The molecule has 0 aromatic heterocycles. The van der Waals surface area contributed by atoms with Crippen molar-refractivity contribution in [3.8, 4) is 5.75 Å². The van der Waals surface area contributed by atoms with E-state index in [-0.39, 0.29) is 29.4 Å². The first-order valence-electron chi connectivity index (χ1n) is 10.9. The van der Waals surface area contributed by atoms with Gasteiger partial charge in [-0.05, 0) is 44.0 Å². The predicted molar refractivity (Wildman–Crippen MR) is 117 cm³/mol. The normalized spacial score (nSPS) is 19.8. The van der Waals surface area contributed by atoms with Gasteiger partial charge in [0, 0.05) is 49.9 Å². The van der Waals surface area contributed by atoms with E-state index in [2.05, 4.69) is 11.4 Å². The Labute approximate surface area is 178 Å². The van der Waals surface area contributed by atoms with E-state index in [0.717, 1.165) is 36.1 Å². The van der Waals surface area contributed by atoms with Gasteiger partial charge in [0.25, 0.3) is 5.91 Å². The quantitative estimate of drug-likeness (QED) is 0.830. The standard InChI is InChI=1S/C25H30N2O3/c1-18(2)26-23(28)16-20-17-25(30-22-11-7-6-10-21(20)22)12-14-27(15-13-25)24(29)19-8-4-3-5-9-19/h3-11,18,20H,12-17H2,1-2H3,(H,26,28)/t20-/m0/s1. The van der Waals surface area contributed by atoms with Crippen LogP contribution in [0, 0.1) is 0 Å². The van der Waals surface area contributed by atoms with Crippen LogP contribution in [0.3, 0.4) is 0 Å². The number of carbonyl (C=O) groups is 2. The molecule has 2 aliphatic rings. The highest BCUT2D eigenvalue weighted by Gasteiger charge is 2.44. The van der Waals surface area contributed by atoms with Gasteiger partial charge in [-0.1, -0.05) is 36.4 Å². The average Bonchev–Trinajstić information content (AvgIpc) is 2.74. The minimum atomic E-state index is -0.315. The maximum absolute atomic E-state index is 12.8. The van der Waals surface area contributed by atoms with Crippen LogP contribution in [0.25, 0.3) is 0 Å². The molecule has 1 atom stereocenters. The summed E-state index contributed by atoms with van der Waals surface area (Å²) in [6.07, 6.45) is 2.83. The number of likely N-dealkylation sites (tertiary alicyclic amines) is 1. The van der Waals surface area contributed by atoms with Gasteiger partial charge in [0.1, 0.15) is 11.4 Å². The molecule has 5 heteroatoms. The van der Waals surface area contributed by atoms with Crippen LogP contribution >= 0.6 is 0 Å². The second kappa shape index (κ2) is 8.50. The summed E-state index contributed by atoms with van der Waals surface area (Å²) < 4.78 is 6.52. The fraction of sp³-hybridized carbons (Fsp3) is 0.440. The summed E-state index contributed by atoms with van der Waals surface area (Å²) in [7, 11) is 0. The first kappa shape index (κ1) is 20.5. The van der Waals surface area contributed by atoms with Gasteiger partial charge in [0.05, 0.1) is 0 Å². The van der Waals surface area contributed by atoms with E-state index in [4.69, 9.17) is 4.74 Å². The maximum Gasteiger partial charge on any atom is 0.253 e. The van der Waals surface area contributed by atoms with Crippen LogP contribution in [-0.4, -0.2) is 41.4 Å². The lowest BCUT2D eigenvalue weighted by atomic mass is 9.76. The number of hydrogen-bond acceptors (Lipinski definition) is 3. The number of para-hydroxylation sites is 1. The number of nitrogens with one attached hydrogen (secondary N) is 1. The number of piperidine rings is 1. The van der Waals surface area contributed by atoms with Crippen LogP contribution in [0.5, 0.6) is 5.75 Å². The van der Waals surface area contributed by atoms with E-state index in [1.807, 2.05) is 67.3 Å². The Hall–Kier alpha value is -2.82. The SMILES string of the molecule is CC(C)NC(=O)C[C@H]1CC2(CCN(C(=O)c3ccccc3)CC2)Oc2ccccc21. The summed E-state index contributed by atoms with van der Waals surface area (Å²) in [4.78, 5) is 27.2. The van der Waals surface area contributed by atoms with Gasteiger partial charge in [0.2, 0.25) is 5.91 Å². The number of amides is 2. The highest BCUT2D eigenvalue weighted by atomic mass is 16.5. The Balaban J connectivity index is 1.48. The number of rotatable bonds is 4. The Morgan fingerprint density at radius 3 is 2.43 bits per heavy atom. The molecule has 2 aromatic rings. The van der Waals surface area contributed by atoms with E-state index in [1.165, 1.54) is 0 Å². The minimum absolute atomic E-state index is 0.0783. The first-order chi connectivity index (χ1) is 14.5. The lowest BCUT2D eigenvalue weighted by molar-refractivity contribution is -0.122. The number of ether oxygens (including phenoxy) is 1. The molecule has 1 N–H and O–H groups in total. The molecular formula is C25H30N2O3. The molecule has 1 fully saturated rings. The molecule has 2 heterocycles.